The molecule has 7 nitrogen and oxygen atoms in total. The molecule has 3 aromatic rings. The van der Waals surface area contributed by atoms with Gasteiger partial charge in [0.1, 0.15) is 5.75 Å². The molecule has 0 aromatic heterocycles. The molecular weight excluding hydrogens is 407 g/mol. The Kier molecular flexibility index (Phi) is 8.38. The smallest absolute Gasteiger partial charge is 0.545 e. The van der Waals surface area contributed by atoms with E-state index in [1.54, 1.807) is 42.5 Å². The number of hydrogen-bond donors (Lipinski definition) is 3. The summed E-state index contributed by atoms with van der Waals surface area (Å²) >= 11 is 0. The molecule has 0 aliphatic rings. The molecule has 0 aliphatic heterocycles. The van der Waals surface area contributed by atoms with Gasteiger partial charge in [0.25, 0.3) is 5.91 Å². The van der Waals surface area contributed by atoms with Crippen molar-refractivity contribution in [1.82, 2.24) is 5.32 Å². The van der Waals surface area contributed by atoms with E-state index in [1.807, 2.05) is 0 Å². The molecule has 0 spiro atoms. The van der Waals surface area contributed by atoms with Gasteiger partial charge in [-0.3, -0.25) is 9.59 Å². The van der Waals surface area contributed by atoms with Crippen molar-refractivity contribution in [3.63, 3.8) is 0 Å². The number of carboxylic acids is 1. The van der Waals surface area contributed by atoms with Crippen molar-refractivity contribution in [2.45, 2.75) is 12.5 Å². The number of anilines is 1. The number of benzene rings is 3. The van der Waals surface area contributed by atoms with Crippen molar-refractivity contribution in [1.29, 1.82) is 0 Å². The van der Waals surface area contributed by atoms with Crippen LogP contribution in [0.5, 0.6) is 5.75 Å². The van der Waals surface area contributed by atoms with Crippen LogP contribution in [0.15, 0.2) is 72.8 Å². The number of carbonyl (C=O) groups is 3. The van der Waals surface area contributed by atoms with Gasteiger partial charge >= 0.3 is 29.6 Å². The standard InChI is InChI=1S/C23H20N2O5.Na/c24-16-8-11-18(23(29)30)19(13-16)21(27)20(12-14-6-9-17(26)10-7-14)25-22(28)15-4-2-1-3-5-15;/h1-11,13,20,26H,12,24H2,(H,25,28)(H,29,30);/q;+1/p-1/t20-;/m0./s1. The Labute approximate surface area is 201 Å². The average Bonchev–Trinajstić information content (AvgIpc) is 2.74. The van der Waals surface area contributed by atoms with Crippen LogP contribution in [0, 0.1) is 0 Å². The van der Waals surface area contributed by atoms with Crippen LogP contribution in [0.1, 0.15) is 36.6 Å². The van der Waals surface area contributed by atoms with Gasteiger partial charge in [-0.1, -0.05) is 36.4 Å². The van der Waals surface area contributed by atoms with Crippen LogP contribution in [0.2, 0.25) is 0 Å². The fraction of sp³-hybridized carbons (Fsp3) is 0.0870. The van der Waals surface area contributed by atoms with Crippen LogP contribution in [0.25, 0.3) is 0 Å². The minimum absolute atomic E-state index is 0. The first-order valence-electron chi connectivity index (χ1n) is 9.14. The molecule has 0 radical (unpaired) electrons. The summed E-state index contributed by atoms with van der Waals surface area (Å²) in [6.45, 7) is 0. The van der Waals surface area contributed by atoms with Crippen LogP contribution < -0.4 is 45.7 Å². The molecule has 0 saturated carbocycles. The van der Waals surface area contributed by atoms with Crippen LogP contribution in [-0.2, 0) is 6.42 Å². The first-order chi connectivity index (χ1) is 14.3. The third-order valence-electron chi connectivity index (χ3n) is 4.56. The fourth-order valence-electron chi connectivity index (χ4n) is 3.04. The van der Waals surface area contributed by atoms with Crippen LogP contribution in [0.3, 0.4) is 0 Å². The van der Waals surface area contributed by atoms with Crippen molar-refractivity contribution in [2.75, 3.05) is 5.73 Å². The summed E-state index contributed by atoms with van der Waals surface area (Å²) in [5.74, 6) is -2.55. The summed E-state index contributed by atoms with van der Waals surface area (Å²) in [6.07, 6.45) is 0.0823. The van der Waals surface area contributed by atoms with E-state index in [4.69, 9.17) is 5.73 Å². The largest absolute Gasteiger partial charge is 1.00 e. The van der Waals surface area contributed by atoms with E-state index in [9.17, 15) is 24.6 Å². The SMILES string of the molecule is Nc1ccc(C(=O)[O-])c(C(=O)[C@H](Cc2ccc(O)cc2)NC(=O)c2ccccc2)c1.[Na+]. The van der Waals surface area contributed by atoms with Gasteiger partial charge in [0.2, 0.25) is 0 Å². The third kappa shape index (κ3) is 6.18. The first-order valence-corrected chi connectivity index (χ1v) is 9.14. The minimum Gasteiger partial charge on any atom is -0.545 e. The summed E-state index contributed by atoms with van der Waals surface area (Å²) in [5, 5.41) is 23.6. The molecule has 0 bridgehead atoms. The predicted octanol–water partition coefficient (Wildman–Crippen LogP) is -1.43. The van der Waals surface area contributed by atoms with Crippen LogP contribution in [0.4, 0.5) is 5.69 Å². The van der Waals surface area contributed by atoms with E-state index in [1.165, 1.54) is 30.3 Å². The van der Waals surface area contributed by atoms with E-state index in [0.717, 1.165) is 0 Å². The molecule has 3 rings (SSSR count). The number of aromatic hydroxyl groups is 1. The topological polar surface area (TPSA) is 133 Å². The Bertz CT molecular complexity index is 1080. The number of carbonyl (C=O) groups excluding carboxylic acids is 3. The maximum atomic E-state index is 13.2. The Morgan fingerprint density at radius 1 is 0.935 bits per heavy atom. The Morgan fingerprint density at radius 3 is 2.19 bits per heavy atom. The summed E-state index contributed by atoms with van der Waals surface area (Å²) in [4.78, 5) is 37.4. The molecular formula is C23H19N2NaO5. The first kappa shape index (κ1) is 24.1. The van der Waals surface area contributed by atoms with Gasteiger partial charge in [-0.25, -0.2) is 0 Å². The maximum absolute atomic E-state index is 13.2. The number of carboxylic acid groups (broad SMARTS) is 1. The fourth-order valence-corrected chi connectivity index (χ4v) is 3.04. The second kappa shape index (κ2) is 10.8. The molecule has 0 saturated heterocycles. The van der Waals surface area contributed by atoms with Gasteiger partial charge in [0.15, 0.2) is 5.78 Å². The van der Waals surface area contributed by atoms with E-state index in [2.05, 4.69) is 5.32 Å². The monoisotopic (exact) mass is 426 g/mol. The molecule has 0 unspecified atom stereocenters. The second-order valence-electron chi connectivity index (χ2n) is 6.72. The minimum atomic E-state index is -1.52. The third-order valence-corrected chi connectivity index (χ3v) is 4.56. The number of ketones is 1. The number of nitrogen functional groups attached to an aromatic ring is 1. The molecule has 8 heteroatoms. The Hall–Kier alpha value is -3.13. The van der Waals surface area contributed by atoms with Gasteiger partial charge in [0, 0.05) is 28.8 Å². The van der Waals surface area contributed by atoms with Gasteiger partial charge in [-0.05, 0) is 42.0 Å². The molecule has 31 heavy (non-hydrogen) atoms. The number of aromatic carboxylic acids is 1. The van der Waals surface area contributed by atoms with Crippen LogP contribution >= 0.6 is 0 Å². The molecule has 1 atom stereocenters. The number of Topliss-reactive ketones (excluding diaryl/α,β-unsaturated/α-hetero) is 1. The Balaban J connectivity index is 0.00000341. The van der Waals surface area contributed by atoms with Gasteiger partial charge in [-0.15, -0.1) is 0 Å². The maximum Gasteiger partial charge on any atom is 1.00 e. The van der Waals surface area contributed by atoms with E-state index in [0.29, 0.717) is 11.1 Å². The van der Waals surface area contributed by atoms with Crippen LogP contribution in [-0.4, -0.2) is 28.8 Å². The van der Waals surface area contributed by atoms with Crippen molar-refractivity contribution in [2.24, 2.45) is 0 Å². The molecule has 0 heterocycles. The van der Waals surface area contributed by atoms with Crippen molar-refractivity contribution in [3.05, 3.63) is 95.1 Å². The molecule has 0 fully saturated rings. The summed E-state index contributed by atoms with van der Waals surface area (Å²) in [5.41, 5.74) is 6.52. The average molecular weight is 426 g/mol. The zero-order chi connectivity index (χ0) is 21.7. The molecule has 0 aliphatic carbocycles. The van der Waals surface area contributed by atoms with Crippen molar-refractivity contribution in [3.8, 4) is 5.75 Å². The number of rotatable bonds is 7. The number of hydrogen-bond acceptors (Lipinski definition) is 6. The Morgan fingerprint density at radius 2 is 1.58 bits per heavy atom. The number of phenols is 1. The number of nitrogens with two attached hydrogens (primary N) is 1. The molecule has 3 aromatic carbocycles. The number of phenolic OH excluding ortho intramolecular Hbond substituents is 1. The van der Waals surface area contributed by atoms with E-state index < -0.39 is 23.7 Å². The van der Waals surface area contributed by atoms with E-state index in [-0.39, 0.29) is 58.5 Å². The van der Waals surface area contributed by atoms with E-state index >= 15 is 0 Å². The predicted molar refractivity (Wildman–Crippen MR) is 109 cm³/mol. The summed E-state index contributed by atoms with van der Waals surface area (Å²) < 4.78 is 0. The summed E-state index contributed by atoms with van der Waals surface area (Å²) in [7, 11) is 0. The zero-order valence-corrected chi connectivity index (χ0v) is 18.9. The zero-order valence-electron chi connectivity index (χ0n) is 16.9. The number of nitrogens with one attached hydrogen (secondary N) is 1. The van der Waals surface area contributed by atoms with Gasteiger partial charge in [-0.2, -0.15) is 0 Å². The second-order valence-corrected chi connectivity index (χ2v) is 6.72. The summed E-state index contributed by atoms with van der Waals surface area (Å²) in [6, 6.07) is 17.2. The quantitative estimate of drug-likeness (QED) is 0.241. The molecule has 4 N–H and O–H groups in total. The van der Waals surface area contributed by atoms with Crippen molar-refractivity contribution < 1.29 is 54.2 Å². The molecule has 1 amide bonds. The normalized spacial score (nSPS) is 11.1. The van der Waals surface area contributed by atoms with Gasteiger partial charge in [0.05, 0.1) is 12.0 Å². The van der Waals surface area contributed by atoms with Gasteiger partial charge < -0.3 is 26.1 Å². The van der Waals surface area contributed by atoms with Crippen molar-refractivity contribution >= 4 is 23.3 Å². The number of amides is 1. The molecule has 152 valence electrons.